The molecule has 0 saturated heterocycles. The molecule has 0 aliphatic heterocycles. The van der Waals surface area contributed by atoms with Gasteiger partial charge in [0.1, 0.15) is 11.4 Å². The summed E-state index contributed by atoms with van der Waals surface area (Å²) in [6, 6.07) is 17.4. The second-order valence-electron chi connectivity index (χ2n) is 9.03. The maximum atomic E-state index is 5.87. The minimum Gasteiger partial charge on any atom is -0.488 e. The third-order valence-electron chi connectivity index (χ3n) is 5.30. The SMILES string of the molecule is C=C(/C=C/c1ccc(OC(C)(C)C)cc1)Cc1ccc(C2CCCCC2)cc1. The third-order valence-corrected chi connectivity index (χ3v) is 5.30. The van der Waals surface area contributed by atoms with Gasteiger partial charge in [-0.25, -0.2) is 0 Å². The first-order valence-electron chi connectivity index (χ1n) is 10.6. The van der Waals surface area contributed by atoms with Crippen molar-refractivity contribution >= 4 is 6.08 Å². The van der Waals surface area contributed by atoms with Crippen molar-refractivity contribution in [3.05, 3.63) is 83.4 Å². The Morgan fingerprint density at radius 3 is 2.21 bits per heavy atom. The molecule has 0 radical (unpaired) electrons. The van der Waals surface area contributed by atoms with Crippen molar-refractivity contribution in [3.63, 3.8) is 0 Å². The smallest absolute Gasteiger partial charge is 0.120 e. The van der Waals surface area contributed by atoms with Crippen LogP contribution < -0.4 is 4.74 Å². The average Bonchev–Trinajstić information content (AvgIpc) is 2.68. The lowest BCUT2D eigenvalue weighted by Gasteiger charge is -2.22. The second kappa shape index (κ2) is 9.28. The molecule has 1 saturated carbocycles. The Kier molecular flexibility index (Phi) is 6.78. The monoisotopic (exact) mass is 374 g/mol. The van der Waals surface area contributed by atoms with Crippen LogP contribution in [0.4, 0.5) is 0 Å². The van der Waals surface area contributed by atoms with Gasteiger partial charge in [-0.1, -0.05) is 80.0 Å². The molecule has 2 aromatic rings. The van der Waals surface area contributed by atoms with Crippen LogP contribution in [0.25, 0.3) is 6.08 Å². The molecule has 0 heterocycles. The Balaban J connectivity index is 1.53. The van der Waals surface area contributed by atoms with Crippen molar-refractivity contribution in [3.8, 4) is 5.75 Å². The van der Waals surface area contributed by atoms with Gasteiger partial charge in [0.2, 0.25) is 0 Å². The van der Waals surface area contributed by atoms with E-state index >= 15 is 0 Å². The highest BCUT2D eigenvalue weighted by Crippen LogP contribution is 2.32. The zero-order valence-electron chi connectivity index (χ0n) is 17.7. The van der Waals surface area contributed by atoms with Gasteiger partial charge in [0.15, 0.2) is 0 Å². The summed E-state index contributed by atoms with van der Waals surface area (Å²) in [5.74, 6) is 1.68. The molecule has 2 aromatic carbocycles. The molecule has 0 N–H and O–H groups in total. The van der Waals surface area contributed by atoms with Crippen LogP contribution in [0.5, 0.6) is 5.75 Å². The van der Waals surface area contributed by atoms with E-state index in [9.17, 15) is 0 Å². The number of benzene rings is 2. The predicted octanol–water partition coefficient (Wildman–Crippen LogP) is 7.72. The molecular weight excluding hydrogens is 340 g/mol. The third kappa shape index (κ3) is 6.41. The number of hydrogen-bond donors (Lipinski definition) is 0. The molecule has 1 aliphatic carbocycles. The molecule has 1 nitrogen and oxygen atoms in total. The largest absolute Gasteiger partial charge is 0.488 e. The van der Waals surface area contributed by atoms with Crippen molar-refractivity contribution in [2.45, 2.75) is 70.8 Å². The van der Waals surface area contributed by atoms with Crippen LogP contribution in [-0.2, 0) is 6.42 Å². The van der Waals surface area contributed by atoms with E-state index in [4.69, 9.17) is 4.74 Å². The standard InChI is InChI=1S/C27H34O/c1-21(10-11-22-14-18-26(19-15-22)28-27(2,3)4)20-23-12-16-25(17-13-23)24-8-6-5-7-9-24/h10-19,24H,1,5-9,20H2,2-4H3/b11-10+. The van der Waals surface area contributed by atoms with Crippen LogP contribution in [-0.4, -0.2) is 5.60 Å². The van der Waals surface area contributed by atoms with Crippen LogP contribution in [0.1, 0.15) is 75.5 Å². The fourth-order valence-corrected chi connectivity index (χ4v) is 3.88. The number of hydrogen-bond acceptors (Lipinski definition) is 1. The summed E-state index contributed by atoms with van der Waals surface area (Å²) in [6.45, 7) is 10.4. The van der Waals surface area contributed by atoms with E-state index in [-0.39, 0.29) is 5.60 Å². The van der Waals surface area contributed by atoms with Crippen LogP contribution in [0.15, 0.2) is 66.8 Å². The number of ether oxygens (including phenoxy) is 1. The highest BCUT2D eigenvalue weighted by Gasteiger charge is 2.15. The van der Waals surface area contributed by atoms with Gasteiger partial charge in [-0.3, -0.25) is 0 Å². The summed E-state index contributed by atoms with van der Waals surface area (Å²) in [5, 5.41) is 0. The number of allylic oxidation sites excluding steroid dienone is 2. The molecule has 28 heavy (non-hydrogen) atoms. The summed E-state index contributed by atoms with van der Waals surface area (Å²) >= 11 is 0. The molecular formula is C27H34O. The highest BCUT2D eigenvalue weighted by atomic mass is 16.5. The molecule has 0 aromatic heterocycles. The minimum absolute atomic E-state index is 0.168. The first-order chi connectivity index (χ1) is 13.4. The minimum atomic E-state index is -0.168. The molecule has 0 spiro atoms. The van der Waals surface area contributed by atoms with E-state index < -0.39 is 0 Å². The summed E-state index contributed by atoms with van der Waals surface area (Å²) < 4.78 is 5.87. The molecule has 1 fully saturated rings. The van der Waals surface area contributed by atoms with E-state index in [1.165, 1.54) is 43.2 Å². The van der Waals surface area contributed by atoms with E-state index in [0.29, 0.717) is 0 Å². The molecule has 0 bridgehead atoms. The topological polar surface area (TPSA) is 9.23 Å². The van der Waals surface area contributed by atoms with Crippen LogP contribution in [0, 0.1) is 0 Å². The van der Waals surface area contributed by atoms with Gasteiger partial charge >= 0.3 is 0 Å². The van der Waals surface area contributed by atoms with E-state index in [1.54, 1.807) is 0 Å². The van der Waals surface area contributed by atoms with E-state index in [0.717, 1.165) is 29.2 Å². The van der Waals surface area contributed by atoms with Gasteiger partial charge in [-0.2, -0.15) is 0 Å². The molecule has 3 rings (SSSR count). The van der Waals surface area contributed by atoms with E-state index in [2.05, 4.69) is 75.9 Å². The molecule has 0 amide bonds. The van der Waals surface area contributed by atoms with Gasteiger partial charge < -0.3 is 4.74 Å². The maximum Gasteiger partial charge on any atom is 0.120 e. The molecule has 1 aliphatic rings. The van der Waals surface area contributed by atoms with Crippen molar-refractivity contribution in [1.29, 1.82) is 0 Å². The quantitative estimate of drug-likeness (QED) is 0.470. The predicted molar refractivity (Wildman–Crippen MR) is 121 cm³/mol. The zero-order valence-corrected chi connectivity index (χ0v) is 17.7. The van der Waals surface area contributed by atoms with Crippen molar-refractivity contribution in [2.75, 3.05) is 0 Å². The molecule has 1 heteroatoms. The highest BCUT2D eigenvalue weighted by molar-refractivity contribution is 5.54. The summed E-state index contributed by atoms with van der Waals surface area (Å²) in [5.41, 5.74) is 4.97. The Labute approximate surface area is 171 Å². The van der Waals surface area contributed by atoms with Gasteiger partial charge in [-0.05, 0) is 74.8 Å². The normalized spacial score (nSPS) is 15.7. The maximum absolute atomic E-state index is 5.87. The summed E-state index contributed by atoms with van der Waals surface area (Å²) in [6.07, 6.45) is 12.0. The van der Waals surface area contributed by atoms with Crippen molar-refractivity contribution in [1.82, 2.24) is 0 Å². The lowest BCUT2D eigenvalue weighted by Crippen LogP contribution is -2.22. The lowest BCUT2D eigenvalue weighted by atomic mass is 9.84. The van der Waals surface area contributed by atoms with E-state index in [1.807, 2.05) is 12.1 Å². The summed E-state index contributed by atoms with van der Waals surface area (Å²) in [7, 11) is 0. The van der Waals surface area contributed by atoms with Crippen molar-refractivity contribution < 1.29 is 4.74 Å². The van der Waals surface area contributed by atoms with Crippen LogP contribution in [0.3, 0.4) is 0 Å². The molecule has 148 valence electrons. The Morgan fingerprint density at radius 2 is 1.61 bits per heavy atom. The number of rotatable bonds is 6. The zero-order chi connectivity index (χ0) is 20.0. The first kappa shape index (κ1) is 20.5. The Bertz CT molecular complexity index is 782. The fourth-order valence-electron chi connectivity index (χ4n) is 3.88. The average molecular weight is 375 g/mol. The van der Waals surface area contributed by atoms with Gasteiger partial charge in [0, 0.05) is 0 Å². The summed E-state index contributed by atoms with van der Waals surface area (Å²) in [4.78, 5) is 0. The second-order valence-corrected chi connectivity index (χ2v) is 9.03. The van der Waals surface area contributed by atoms with Gasteiger partial charge in [-0.15, -0.1) is 0 Å². The molecule has 0 unspecified atom stereocenters. The lowest BCUT2D eigenvalue weighted by molar-refractivity contribution is 0.131. The fraction of sp³-hybridized carbons (Fsp3) is 0.407. The van der Waals surface area contributed by atoms with Gasteiger partial charge in [0.25, 0.3) is 0 Å². The molecule has 0 atom stereocenters. The van der Waals surface area contributed by atoms with Crippen LogP contribution >= 0.6 is 0 Å². The Morgan fingerprint density at radius 1 is 0.964 bits per heavy atom. The van der Waals surface area contributed by atoms with Crippen molar-refractivity contribution in [2.24, 2.45) is 0 Å². The van der Waals surface area contributed by atoms with Crippen LogP contribution in [0.2, 0.25) is 0 Å². The van der Waals surface area contributed by atoms with Gasteiger partial charge in [0.05, 0.1) is 0 Å². The Hall–Kier alpha value is -2.28. The first-order valence-corrected chi connectivity index (χ1v) is 10.6.